The maximum Gasteiger partial charge on any atom is 0.252 e. The molecule has 2 rings (SSSR count). The van der Waals surface area contributed by atoms with Gasteiger partial charge in [0, 0.05) is 15.7 Å². The summed E-state index contributed by atoms with van der Waals surface area (Å²) >= 11 is 3.39. The number of halogens is 1. The number of anilines is 1. The lowest BCUT2D eigenvalue weighted by molar-refractivity contribution is -0.118. The van der Waals surface area contributed by atoms with Crippen LogP contribution in [0.3, 0.4) is 0 Å². The van der Waals surface area contributed by atoms with Crippen molar-refractivity contribution in [1.82, 2.24) is 5.32 Å². The Morgan fingerprint density at radius 3 is 2.44 bits per heavy atom. The number of amides is 2. The van der Waals surface area contributed by atoms with E-state index in [4.69, 9.17) is 0 Å². The highest BCUT2D eigenvalue weighted by Crippen LogP contribution is 2.17. The molecular weight excluding hydrogens is 380 g/mol. The normalized spacial score (nSPS) is 11.9. The third-order valence-electron chi connectivity index (χ3n) is 3.81. The monoisotopic (exact) mass is 402 g/mol. The number of benzene rings is 2. The number of nitrogens with one attached hydrogen (secondary N) is 2. The number of hydrogen-bond acceptors (Lipinski definition) is 2. The van der Waals surface area contributed by atoms with E-state index in [1.807, 2.05) is 63.2 Å². The van der Waals surface area contributed by atoms with Crippen molar-refractivity contribution in [2.45, 2.75) is 33.2 Å². The molecule has 0 heterocycles. The van der Waals surface area contributed by atoms with Crippen LogP contribution in [0.4, 0.5) is 5.69 Å². The van der Waals surface area contributed by atoms with Gasteiger partial charge in [-0.2, -0.15) is 0 Å². The fourth-order valence-corrected chi connectivity index (χ4v) is 2.96. The van der Waals surface area contributed by atoms with Crippen molar-refractivity contribution < 1.29 is 9.59 Å². The topological polar surface area (TPSA) is 58.2 Å². The first-order valence-corrected chi connectivity index (χ1v) is 9.09. The second-order valence-corrected chi connectivity index (χ2v) is 7.39. The molecule has 25 heavy (non-hydrogen) atoms. The number of carbonyl (C=O) groups is 2. The van der Waals surface area contributed by atoms with Gasteiger partial charge in [-0.25, -0.2) is 0 Å². The highest BCUT2D eigenvalue weighted by atomic mass is 79.9. The first kappa shape index (κ1) is 19.2. The molecule has 0 aliphatic carbocycles. The SMILES string of the molecule is Cc1ccccc1C(=O)N[C@H](CC(C)C)C(=O)Nc1cccc(Br)c1. The van der Waals surface area contributed by atoms with E-state index in [-0.39, 0.29) is 17.7 Å². The number of aryl methyl sites for hydroxylation is 1. The average Bonchev–Trinajstić information content (AvgIpc) is 2.54. The van der Waals surface area contributed by atoms with Gasteiger partial charge in [0.05, 0.1) is 0 Å². The molecule has 0 radical (unpaired) electrons. The molecule has 0 saturated heterocycles. The van der Waals surface area contributed by atoms with Gasteiger partial charge in [0.25, 0.3) is 5.91 Å². The second kappa shape index (κ2) is 8.81. The van der Waals surface area contributed by atoms with Crippen LogP contribution in [0.25, 0.3) is 0 Å². The van der Waals surface area contributed by atoms with Crippen LogP contribution < -0.4 is 10.6 Å². The van der Waals surface area contributed by atoms with Crippen LogP contribution in [-0.4, -0.2) is 17.9 Å². The Labute approximate surface area is 157 Å². The van der Waals surface area contributed by atoms with Gasteiger partial charge in [-0.1, -0.05) is 54.0 Å². The zero-order valence-corrected chi connectivity index (χ0v) is 16.3. The third kappa shape index (κ3) is 5.71. The number of rotatable bonds is 6. The minimum atomic E-state index is -0.592. The quantitative estimate of drug-likeness (QED) is 0.744. The Hall–Kier alpha value is -2.14. The van der Waals surface area contributed by atoms with Gasteiger partial charge < -0.3 is 10.6 Å². The Morgan fingerprint density at radius 2 is 1.80 bits per heavy atom. The molecule has 4 nitrogen and oxygen atoms in total. The lowest BCUT2D eigenvalue weighted by Gasteiger charge is -2.21. The first-order valence-electron chi connectivity index (χ1n) is 8.29. The van der Waals surface area contributed by atoms with E-state index >= 15 is 0 Å². The van der Waals surface area contributed by atoms with Gasteiger partial charge in [0.1, 0.15) is 6.04 Å². The fraction of sp³-hybridized carbons (Fsp3) is 0.300. The molecule has 0 spiro atoms. The van der Waals surface area contributed by atoms with Gasteiger partial charge in [0.15, 0.2) is 0 Å². The molecule has 0 unspecified atom stereocenters. The predicted octanol–water partition coefficient (Wildman–Crippen LogP) is 4.54. The Bertz CT molecular complexity index is 759. The molecule has 0 saturated carbocycles. The van der Waals surface area contributed by atoms with Gasteiger partial charge in [-0.15, -0.1) is 0 Å². The summed E-state index contributed by atoms with van der Waals surface area (Å²) in [5, 5.41) is 5.75. The van der Waals surface area contributed by atoms with Gasteiger partial charge in [-0.05, 0) is 49.1 Å². The van der Waals surface area contributed by atoms with E-state index < -0.39 is 6.04 Å². The average molecular weight is 403 g/mol. The standard InChI is InChI=1S/C20H23BrN2O2/c1-13(2)11-18(20(25)22-16-9-6-8-15(21)12-16)23-19(24)17-10-5-4-7-14(17)3/h4-10,12-13,18H,11H2,1-3H3,(H,22,25)(H,23,24)/t18-/m1/s1. The molecule has 0 aromatic heterocycles. The molecule has 132 valence electrons. The zero-order chi connectivity index (χ0) is 18.4. The molecule has 2 aromatic rings. The largest absolute Gasteiger partial charge is 0.340 e. The summed E-state index contributed by atoms with van der Waals surface area (Å²) in [6, 6.07) is 14.2. The molecule has 2 N–H and O–H groups in total. The van der Waals surface area contributed by atoms with E-state index in [1.165, 1.54) is 0 Å². The molecule has 0 fully saturated rings. The Balaban J connectivity index is 2.13. The van der Waals surface area contributed by atoms with Crippen LogP contribution in [0.1, 0.15) is 36.2 Å². The van der Waals surface area contributed by atoms with Crippen LogP contribution in [0.2, 0.25) is 0 Å². The Morgan fingerprint density at radius 1 is 1.08 bits per heavy atom. The van der Waals surface area contributed by atoms with Crippen molar-refractivity contribution in [3.63, 3.8) is 0 Å². The molecule has 1 atom stereocenters. The van der Waals surface area contributed by atoms with E-state index in [0.717, 1.165) is 10.0 Å². The lowest BCUT2D eigenvalue weighted by Crippen LogP contribution is -2.44. The van der Waals surface area contributed by atoms with Crippen molar-refractivity contribution in [2.75, 3.05) is 5.32 Å². The third-order valence-corrected chi connectivity index (χ3v) is 4.30. The molecule has 2 aromatic carbocycles. The molecule has 2 amide bonds. The fourth-order valence-electron chi connectivity index (χ4n) is 2.56. The molecule has 5 heteroatoms. The highest BCUT2D eigenvalue weighted by Gasteiger charge is 2.23. The van der Waals surface area contributed by atoms with E-state index in [1.54, 1.807) is 6.07 Å². The van der Waals surface area contributed by atoms with Crippen molar-refractivity contribution in [3.05, 3.63) is 64.1 Å². The van der Waals surface area contributed by atoms with Crippen LogP contribution in [0.5, 0.6) is 0 Å². The Kier molecular flexibility index (Phi) is 6.76. The number of carbonyl (C=O) groups excluding carboxylic acids is 2. The molecule has 0 aliphatic heterocycles. The number of hydrogen-bond donors (Lipinski definition) is 2. The molecular formula is C20H23BrN2O2. The summed E-state index contributed by atoms with van der Waals surface area (Å²) in [6.45, 7) is 5.94. The van der Waals surface area contributed by atoms with Crippen molar-refractivity contribution >= 4 is 33.4 Å². The van der Waals surface area contributed by atoms with Crippen molar-refractivity contribution in [1.29, 1.82) is 0 Å². The summed E-state index contributed by atoms with van der Waals surface area (Å²) in [5.74, 6) is -0.169. The summed E-state index contributed by atoms with van der Waals surface area (Å²) in [7, 11) is 0. The minimum Gasteiger partial charge on any atom is -0.340 e. The van der Waals surface area contributed by atoms with Gasteiger partial charge >= 0.3 is 0 Å². The van der Waals surface area contributed by atoms with Gasteiger partial charge in [0.2, 0.25) is 5.91 Å². The van der Waals surface area contributed by atoms with Crippen LogP contribution in [-0.2, 0) is 4.79 Å². The molecule has 0 bridgehead atoms. The van der Waals surface area contributed by atoms with Crippen molar-refractivity contribution in [2.24, 2.45) is 5.92 Å². The smallest absolute Gasteiger partial charge is 0.252 e. The van der Waals surface area contributed by atoms with Crippen molar-refractivity contribution in [3.8, 4) is 0 Å². The second-order valence-electron chi connectivity index (χ2n) is 6.47. The van der Waals surface area contributed by atoms with E-state index in [9.17, 15) is 9.59 Å². The minimum absolute atomic E-state index is 0.214. The first-order chi connectivity index (χ1) is 11.9. The van der Waals surface area contributed by atoms with E-state index in [0.29, 0.717) is 17.7 Å². The summed E-state index contributed by atoms with van der Waals surface area (Å²) < 4.78 is 0.884. The zero-order valence-electron chi connectivity index (χ0n) is 14.7. The maximum atomic E-state index is 12.7. The van der Waals surface area contributed by atoms with Crippen LogP contribution in [0.15, 0.2) is 53.0 Å². The van der Waals surface area contributed by atoms with Gasteiger partial charge in [-0.3, -0.25) is 9.59 Å². The van der Waals surface area contributed by atoms with Crippen LogP contribution in [0, 0.1) is 12.8 Å². The maximum absolute atomic E-state index is 12.7. The predicted molar refractivity (Wildman–Crippen MR) is 105 cm³/mol. The summed E-state index contributed by atoms with van der Waals surface area (Å²) in [5.41, 5.74) is 2.17. The summed E-state index contributed by atoms with van der Waals surface area (Å²) in [4.78, 5) is 25.2. The summed E-state index contributed by atoms with van der Waals surface area (Å²) in [6.07, 6.45) is 0.567. The lowest BCUT2D eigenvalue weighted by atomic mass is 10.0. The highest BCUT2D eigenvalue weighted by molar-refractivity contribution is 9.10. The molecule has 0 aliphatic rings. The van der Waals surface area contributed by atoms with E-state index in [2.05, 4.69) is 26.6 Å². The van der Waals surface area contributed by atoms with Crippen LogP contribution >= 0.6 is 15.9 Å².